The lowest BCUT2D eigenvalue weighted by Crippen LogP contribution is -2.42. The van der Waals surface area contributed by atoms with Crippen molar-refractivity contribution < 1.29 is 23.1 Å². The molecule has 1 atom stereocenters. The molecule has 21 heavy (non-hydrogen) atoms. The first-order valence-corrected chi connectivity index (χ1v) is 9.37. The number of thiophene rings is 1. The molecule has 1 aromatic heterocycles. The van der Waals surface area contributed by atoms with E-state index in [4.69, 9.17) is 5.11 Å². The number of aromatic carboxylic acids is 1. The molecule has 1 saturated heterocycles. The Bertz CT molecular complexity index is 689. The van der Waals surface area contributed by atoms with Crippen LogP contribution in [-0.4, -0.2) is 53.9 Å². The molecule has 0 spiro atoms. The molecule has 1 aromatic rings. The summed E-state index contributed by atoms with van der Waals surface area (Å²) in [5, 5.41) is 8.93. The monoisotopic (exact) mass is 329 g/mol. The lowest BCUT2D eigenvalue weighted by atomic mass is 10.2. The molecule has 0 bridgehead atoms. The summed E-state index contributed by atoms with van der Waals surface area (Å²) in [4.78, 5) is 25.7. The van der Waals surface area contributed by atoms with Gasteiger partial charge in [-0.15, -0.1) is 11.3 Å². The van der Waals surface area contributed by atoms with Gasteiger partial charge in [0.1, 0.15) is 4.88 Å². The number of sulfone groups is 1. The molecule has 0 aromatic carbocycles. The van der Waals surface area contributed by atoms with Crippen LogP contribution < -0.4 is 0 Å². The number of carboxylic acid groups (broad SMARTS) is 1. The van der Waals surface area contributed by atoms with Crippen LogP contribution >= 0.6 is 11.3 Å². The highest BCUT2D eigenvalue weighted by molar-refractivity contribution is 7.91. The van der Waals surface area contributed by atoms with Crippen LogP contribution in [0.5, 0.6) is 0 Å². The summed E-state index contributed by atoms with van der Waals surface area (Å²) in [6.45, 7) is 0. The molecule has 0 unspecified atom stereocenters. The molecule has 114 valence electrons. The SMILES string of the molecule is O=C(O)c1ccc(C(=O)N(C2CC2)[C@@H]2CCS(=O)(=O)C2)s1. The van der Waals surface area contributed by atoms with E-state index in [1.165, 1.54) is 12.1 Å². The van der Waals surface area contributed by atoms with E-state index in [9.17, 15) is 18.0 Å². The first kappa shape index (κ1) is 14.5. The molecule has 6 nitrogen and oxygen atoms in total. The zero-order valence-electron chi connectivity index (χ0n) is 11.2. The Balaban J connectivity index is 1.83. The van der Waals surface area contributed by atoms with E-state index < -0.39 is 15.8 Å². The minimum absolute atomic E-state index is 0.0202. The number of carbonyl (C=O) groups excluding carboxylic acids is 1. The summed E-state index contributed by atoms with van der Waals surface area (Å²) in [5.74, 6) is -1.15. The second-order valence-electron chi connectivity index (χ2n) is 5.47. The van der Waals surface area contributed by atoms with E-state index >= 15 is 0 Å². The Morgan fingerprint density at radius 1 is 1.14 bits per heavy atom. The average molecular weight is 329 g/mol. The van der Waals surface area contributed by atoms with Crippen LogP contribution in [0.1, 0.15) is 38.6 Å². The van der Waals surface area contributed by atoms with E-state index in [0.29, 0.717) is 11.3 Å². The summed E-state index contributed by atoms with van der Waals surface area (Å²) >= 11 is 0.941. The number of carboxylic acids is 1. The van der Waals surface area contributed by atoms with Gasteiger partial charge in [-0.2, -0.15) is 0 Å². The normalized spacial score (nSPS) is 23.9. The maximum atomic E-state index is 12.6. The Kier molecular flexibility index (Phi) is 3.53. The lowest BCUT2D eigenvalue weighted by molar-refractivity contribution is 0.0682. The minimum Gasteiger partial charge on any atom is -0.477 e. The highest BCUT2D eigenvalue weighted by Gasteiger charge is 2.42. The van der Waals surface area contributed by atoms with Crippen molar-refractivity contribution >= 4 is 33.1 Å². The van der Waals surface area contributed by atoms with Gasteiger partial charge in [0.2, 0.25) is 0 Å². The number of amides is 1. The van der Waals surface area contributed by atoms with E-state index in [2.05, 4.69) is 0 Å². The van der Waals surface area contributed by atoms with Crippen LogP contribution in [0.3, 0.4) is 0 Å². The first-order valence-electron chi connectivity index (χ1n) is 6.73. The zero-order valence-corrected chi connectivity index (χ0v) is 12.8. The Hall–Kier alpha value is -1.41. The van der Waals surface area contributed by atoms with Crippen LogP contribution in [0.25, 0.3) is 0 Å². The molecule has 1 aliphatic carbocycles. The topological polar surface area (TPSA) is 91.8 Å². The Morgan fingerprint density at radius 3 is 2.29 bits per heavy atom. The third kappa shape index (κ3) is 2.96. The van der Waals surface area contributed by atoms with E-state index in [0.717, 1.165) is 24.2 Å². The minimum atomic E-state index is -3.05. The van der Waals surface area contributed by atoms with Crippen molar-refractivity contribution in [3.05, 3.63) is 21.9 Å². The molecule has 8 heteroatoms. The van der Waals surface area contributed by atoms with Gasteiger partial charge < -0.3 is 10.0 Å². The number of hydrogen-bond acceptors (Lipinski definition) is 5. The van der Waals surface area contributed by atoms with E-state index in [1.807, 2.05) is 0 Å². The predicted molar refractivity (Wildman–Crippen MR) is 77.5 cm³/mol. The molecule has 1 N–H and O–H groups in total. The molecule has 2 aliphatic rings. The van der Waals surface area contributed by atoms with E-state index in [1.54, 1.807) is 4.90 Å². The van der Waals surface area contributed by atoms with Gasteiger partial charge in [0.05, 0.1) is 16.4 Å². The first-order chi connectivity index (χ1) is 9.87. The van der Waals surface area contributed by atoms with Crippen molar-refractivity contribution in [2.24, 2.45) is 0 Å². The summed E-state index contributed by atoms with van der Waals surface area (Å²) in [5.41, 5.74) is 0. The quantitative estimate of drug-likeness (QED) is 0.897. The molecular formula is C13H15NO5S2. The van der Waals surface area contributed by atoms with Gasteiger partial charge >= 0.3 is 5.97 Å². The number of rotatable bonds is 4. The fourth-order valence-corrected chi connectivity index (χ4v) is 5.17. The predicted octanol–water partition coefficient (Wildman–Crippen LogP) is 1.24. The summed E-state index contributed by atoms with van der Waals surface area (Å²) in [7, 11) is -3.05. The largest absolute Gasteiger partial charge is 0.477 e. The molecule has 1 saturated carbocycles. The maximum absolute atomic E-state index is 12.6. The third-order valence-corrected chi connectivity index (χ3v) is 6.62. The van der Waals surface area contributed by atoms with Crippen molar-refractivity contribution in [1.82, 2.24) is 4.90 Å². The van der Waals surface area contributed by atoms with Crippen LogP contribution in [0.15, 0.2) is 12.1 Å². The van der Waals surface area contributed by atoms with Crippen molar-refractivity contribution in [2.75, 3.05) is 11.5 Å². The number of nitrogens with zero attached hydrogens (tertiary/aromatic N) is 1. The van der Waals surface area contributed by atoms with Gasteiger partial charge in [-0.05, 0) is 31.4 Å². The fraction of sp³-hybridized carbons (Fsp3) is 0.538. The fourth-order valence-electron chi connectivity index (χ4n) is 2.67. The maximum Gasteiger partial charge on any atom is 0.345 e. The average Bonchev–Trinajstić information content (AvgIpc) is 2.98. The molecule has 2 heterocycles. The summed E-state index contributed by atoms with van der Waals surface area (Å²) in [6.07, 6.45) is 2.25. The number of hydrogen-bond donors (Lipinski definition) is 1. The Morgan fingerprint density at radius 2 is 1.81 bits per heavy atom. The van der Waals surface area contributed by atoms with Crippen LogP contribution in [0, 0.1) is 0 Å². The number of carbonyl (C=O) groups is 2. The van der Waals surface area contributed by atoms with Crippen molar-refractivity contribution in [1.29, 1.82) is 0 Å². The second-order valence-corrected chi connectivity index (χ2v) is 8.78. The van der Waals surface area contributed by atoms with Crippen LogP contribution in [0.2, 0.25) is 0 Å². The van der Waals surface area contributed by atoms with Gasteiger partial charge in [-0.25, -0.2) is 13.2 Å². The summed E-state index contributed by atoms with van der Waals surface area (Å²) < 4.78 is 23.3. The van der Waals surface area contributed by atoms with E-state index in [-0.39, 0.29) is 34.4 Å². The Labute approximate surface area is 126 Å². The smallest absolute Gasteiger partial charge is 0.345 e. The molecule has 1 aliphatic heterocycles. The van der Waals surface area contributed by atoms with Gasteiger partial charge in [0, 0.05) is 12.1 Å². The molecule has 1 amide bonds. The van der Waals surface area contributed by atoms with Gasteiger partial charge in [0.15, 0.2) is 9.84 Å². The molecule has 0 radical (unpaired) electrons. The van der Waals surface area contributed by atoms with Crippen LogP contribution in [0.4, 0.5) is 0 Å². The van der Waals surface area contributed by atoms with Gasteiger partial charge in [-0.1, -0.05) is 0 Å². The standard InChI is InChI=1S/C13H15NO5S2/c15-12(10-3-4-11(20-10)13(16)17)14(8-1-2-8)9-5-6-21(18,19)7-9/h3-4,8-9H,1-2,5-7H2,(H,16,17)/t9-/m1/s1. The van der Waals surface area contributed by atoms with Gasteiger partial charge in [-0.3, -0.25) is 4.79 Å². The molecule has 2 fully saturated rings. The zero-order chi connectivity index (χ0) is 15.2. The molecular weight excluding hydrogens is 314 g/mol. The van der Waals surface area contributed by atoms with Crippen molar-refractivity contribution in [2.45, 2.75) is 31.3 Å². The summed E-state index contributed by atoms with van der Waals surface area (Å²) in [6, 6.07) is 2.75. The van der Waals surface area contributed by atoms with Crippen molar-refractivity contribution in [3.63, 3.8) is 0 Å². The highest BCUT2D eigenvalue weighted by Crippen LogP contribution is 2.34. The lowest BCUT2D eigenvalue weighted by Gasteiger charge is -2.27. The third-order valence-electron chi connectivity index (χ3n) is 3.80. The molecule has 3 rings (SSSR count). The van der Waals surface area contributed by atoms with Gasteiger partial charge in [0.25, 0.3) is 5.91 Å². The highest BCUT2D eigenvalue weighted by atomic mass is 32.2. The second kappa shape index (κ2) is 5.10. The van der Waals surface area contributed by atoms with Crippen molar-refractivity contribution in [3.8, 4) is 0 Å². The van der Waals surface area contributed by atoms with Crippen LogP contribution in [-0.2, 0) is 9.84 Å².